The highest BCUT2D eigenvalue weighted by molar-refractivity contribution is 7.92. The molecule has 4 aromatic rings. The average molecular weight is 551 g/mol. The molecule has 0 amide bonds. The number of β-amino-alcohol motifs (C(OH)–C–C–N with tert-alkyl or cyclic N) is 1. The summed E-state index contributed by atoms with van der Waals surface area (Å²) in [6.07, 6.45) is 0.467. The largest absolute Gasteiger partial charge is 0.478 e. The first-order valence-corrected chi connectivity index (χ1v) is 14.3. The van der Waals surface area contributed by atoms with Gasteiger partial charge in [0, 0.05) is 30.6 Å². The molecule has 9 nitrogen and oxygen atoms in total. The van der Waals surface area contributed by atoms with Gasteiger partial charge in [0.05, 0.1) is 33.3 Å². The van der Waals surface area contributed by atoms with Crippen LogP contribution in [0.25, 0.3) is 11.0 Å². The van der Waals surface area contributed by atoms with E-state index in [1.54, 1.807) is 60.7 Å². The van der Waals surface area contributed by atoms with E-state index in [9.17, 15) is 23.4 Å². The van der Waals surface area contributed by atoms with Crippen LogP contribution in [0.15, 0.2) is 77.7 Å². The lowest BCUT2D eigenvalue weighted by Gasteiger charge is -2.29. The number of para-hydroxylation sites is 1. The van der Waals surface area contributed by atoms with Gasteiger partial charge in [-0.3, -0.25) is 4.72 Å². The first-order chi connectivity index (χ1) is 18.5. The summed E-state index contributed by atoms with van der Waals surface area (Å²) in [7, 11) is -3.80. The van der Waals surface area contributed by atoms with Crippen molar-refractivity contribution >= 4 is 32.7 Å². The van der Waals surface area contributed by atoms with Crippen LogP contribution >= 0.6 is 0 Å². The zero-order chi connectivity index (χ0) is 28.2. The summed E-state index contributed by atoms with van der Waals surface area (Å²) in [5.41, 5.74) is 2.17. The maximum atomic E-state index is 12.8. The number of fused-ring (bicyclic) bond motifs is 1. The van der Waals surface area contributed by atoms with Crippen molar-refractivity contribution in [2.45, 2.75) is 56.7 Å². The van der Waals surface area contributed by atoms with Gasteiger partial charge in [-0.15, -0.1) is 0 Å². The highest BCUT2D eigenvalue weighted by atomic mass is 32.2. The summed E-state index contributed by atoms with van der Waals surface area (Å²) in [6.45, 7) is 6.95. The summed E-state index contributed by atoms with van der Waals surface area (Å²) in [5, 5.41) is 23.7. The van der Waals surface area contributed by atoms with Crippen LogP contribution in [0.2, 0.25) is 0 Å². The number of hydrogen-bond acceptors (Lipinski definition) is 6. The van der Waals surface area contributed by atoms with Crippen LogP contribution in [-0.2, 0) is 23.0 Å². The van der Waals surface area contributed by atoms with Crippen molar-refractivity contribution in [3.63, 3.8) is 0 Å². The third-order valence-electron chi connectivity index (χ3n) is 6.74. The van der Waals surface area contributed by atoms with E-state index < -0.39 is 22.1 Å². The number of imidazole rings is 1. The Labute approximate surface area is 228 Å². The van der Waals surface area contributed by atoms with Gasteiger partial charge in [0.2, 0.25) is 0 Å². The van der Waals surface area contributed by atoms with E-state index >= 15 is 0 Å². The maximum Gasteiger partial charge on any atom is 0.335 e. The van der Waals surface area contributed by atoms with Crippen LogP contribution in [0.5, 0.6) is 0 Å². The van der Waals surface area contributed by atoms with E-state index in [0.29, 0.717) is 36.2 Å². The fourth-order valence-electron chi connectivity index (χ4n) is 4.48. The van der Waals surface area contributed by atoms with Crippen molar-refractivity contribution in [2.75, 3.05) is 11.3 Å². The number of hydrogen-bond donors (Lipinski definition) is 4. The molecule has 4 rings (SSSR count). The predicted octanol–water partition coefficient (Wildman–Crippen LogP) is 4.59. The monoisotopic (exact) mass is 550 g/mol. The van der Waals surface area contributed by atoms with Gasteiger partial charge in [-0.25, -0.2) is 18.2 Å². The van der Waals surface area contributed by atoms with Gasteiger partial charge in [0.25, 0.3) is 10.0 Å². The van der Waals surface area contributed by atoms with Crippen molar-refractivity contribution in [3.8, 4) is 0 Å². The van der Waals surface area contributed by atoms with Gasteiger partial charge in [-0.1, -0.05) is 43.3 Å². The molecule has 0 saturated carbocycles. The van der Waals surface area contributed by atoms with Crippen molar-refractivity contribution in [2.24, 2.45) is 0 Å². The van der Waals surface area contributed by atoms with Gasteiger partial charge < -0.3 is 20.1 Å². The highest BCUT2D eigenvalue weighted by Crippen LogP contribution is 2.26. The van der Waals surface area contributed by atoms with Crippen molar-refractivity contribution in [1.82, 2.24) is 14.9 Å². The molecule has 10 heteroatoms. The number of carbonyl (C=O) groups is 1. The number of sulfonamides is 1. The molecule has 0 spiro atoms. The fraction of sp³-hybridized carbons (Fsp3) is 0.310. The van der Waals surface area contributed by atoms with Gasteiger partial charge in [-0.05, 0) is 56.7 Å². The van der Waals surface area contributed by atoms with Crippen LogP contribution in [0.4, 0.5) is 5.69 Å². The number of aliphatic hydroxyl groups excluding tert-OH is 1. The highest BCUT2D eigenvalue weighted by Gasteiger charge is 2.23. The molecule has 1 atom stereocenters. The Morgan fingerprint density at radius 2 is 1.74 bits per heavy atom. The summed E-state index contributed by atoms with van der Waals surface area (Å²) < 4.78 is 30.4. The Morgan fingerprint density at radius 1 is 1.05 bits per heavy atom. The third-order valence-corrected chi connectivity index (χ3v) is 8.12. The van der Waals surface area contributed by atoms with Crippen LogP contribution in [0.3, 0.4) is 0 Å². The molecule has 0 bridgehead atoms. The lowest BCUT2D eigenvalue weighted by atomic mass is 9.99. The molecule has 0 radical (unpaired) electrons. The van der Waals surface area contributed by atoms with Crippen LogP contribution in [0, 0.1) is 0 Å². The number of benzene rings is 3. The molecule has 1 heterocycles. The molecular weight excluding hydrogens is 516 g/mol. The first kappa shape index (κ1) is 28.3. The van der Waals surface area contributed by atoms with Gasteiger partial charge in [0.15, 0.2) is 0 Å². The van der Waals surface area contributed by atoms with Crippen LogP contribution in [0.1, 0.15) is 55.0 Å². The van der Waals surface area contributed by atoms with E-state index in [1.807, 2.05) is 20.8 Å². The lowest BCUT2D eigenvalue weighted by Crippen LogP contribution is -2.42. The first-order valence-electron chi connectivity index (χ1n) is 12.8. The standard InChI is InChI=1S/C29H34N4O5S/c1-4-27-31-24-18-20(28(35)36)14-15-25(24)33(27)17-16-29(2,3)30-19-26(34)22-12-8-9-13-23(22)32-39(37,38)21-10-6-5-7-11-21/h5-15,18,26,30,32,34H,4,16-17,19H2,1-3H3,(H,35,36). The quantitative estimate of drug-likeness (QED) is 0.203. The topological polar surface area (TPSA) is 134 Å². The summed E-state index contributed by atoms with van der Waals surface area (Å²) in [5.74, 6) is -0.106. The van der Waals surface area contributed by atoms with Crippen molar-refractivity contribution < 1.29 is 23.4 Å². The Hall–Kier alpha value is -3.73. The zero-order valence-electron chi connectivity index (χ0n) is 22.3. The summed E-state index contributed by atoms with van der Waals surface area (Å²) in [4.78, 5) is 16.1. The Bertz CT molecular complexity index is 1570. The van der Waals surface area contributed by atoms with Gasteiger partial charge in [0.1, 0.15) is 5.82 Å². The number of rotatable bonds is 12. The maximum absolute atomic E-state index is 12.8. The number of aliphatic hydroxyl groups is 1. The molecule has 0 saturated heterocycles. The minimum atomic E-state index is -3.80. The molecule has 0 fully saturated rings. The molecule has 206 valence electrons. The smallest absolute Gasteiger partial charge is 0.335 e. The number of aromatic nitrogens is 2. The molecular formula is C29H34N4O5S. The Morgan fingerprint density at radius 3 is 2.44 bits per heavy atom. The normalized spacial score (nSPS) is 12.9. The average Bonchev–Trinajstić information content (AvgIpc) is 3.28. The van der Waals surface area contributed by atoms with Crippen molar-refractivity contribution in [3.05, 3.63) is 89.7 Å². The fourth-order valence-corrected chi connectivity index (χ4v) is 5.59. The number of anilines is 1. The molecule has 4 N–H and O–H groups in total. The van der Waals surface area contributed by atoms with Crippen molar-refractivity contribution in [1.29, 1.82) is 0 Å². The van der Waals surface area contributed by atoms with E-state index in [4.69, 9.17) is 0 Å². The SMILES string of the molecule is CCc1nc2cc(C(=O)O)ccc2n1CCC(C)(C)NCC(O)c1ccccc1NS(=O)(=O)c1ccccc1. The number of aryl methyl sites for hydroxylation is 2. The number of carboxylic acids is 1. The molecule has 0 aliphatic carbocycles. The second-order valence-corrected chi connectivity index (χ2v) is 11.8. The second kappa shape index (κ2) is 11.6. The molecule has 0 aliphatic heterocycles. The zero-order valence-corrected chi connectivity index (χ0v) is 23.1. The molecule has 1 unspecified atom stereocenters. The van der Waals surface area contributed by atoms with E-state index in [2.05, 4.69) is 19.6 Å². The van der Waals surface area contributed by atoms with E-state index in [-0.39, 0.29) is 22.5 Å². The number of carboxylic acid groups (broad SMARTS) is 1. The summed E-state index contributed by atoms with van der Waals surface area (Å²) in [6, 6.07) is 19.9. The summed E-state index contributed by atoms with van der Waals surface area (Å²) >= 11 is 0. The van der Waals surface area contributed by atoms with Gasteiger partial charge >= 0.3 is 5.97 Å². The molecule has 39 heavy (non-hydrogen) atoms. The molecule has 1 aromatic heterocycles. The molecule has 0 aliphatic rings. The van der Waals surface area contributed by atoms with E-state index in [1.165, 1.54) is 12.1 Å². The van der Waals surface area contributed by atoms with Crippen LogP contribution in [-0.4, -0.2) is 46.2 Å². The van der Waals surface area contributed by atoms with Crippen LogP contribution < -0.4 is 10.0 Å². The third kappa shape index (κ3) is 6.65. The Balaban J connectivity index is 1.44. The lowest BCUT2D eigenvalue weighted by molar-refractivity contribution is 0.0697. The number of nitrogens with one attached hydrogen (secondary N) is 2. The Kier molecular flexibility index (Phi) is 8.39. The second-order valence-electron chi connectivity index (χ2n) is 10.1. The predicted molar refractivity (Wildman–Crippen MR) is 151 cm³/mol. The number of aromatic carboxylic acids is 1. The minimum Gasteiger partial charge on any atom is -0.478 e. The minimum absolute atomic E-state index is 0.145. The van der Waals surface area contributed by atoms with E-state index in [0.717, 1.165) is 11.3 Å². The van der Waals surface area contributed by atoms with Gasteiger partial charge in [-0.2, -0.15) is 0 Å². The molecule has 3 aromatic carbocycles. The number of nitrogens with zero attached hydrogens (tertiary/aromatic N) is 2.